The zero-order chi connectivity index (χ0) is 11.7. The summed E-state index contributed by atoms with van der Waals surface area (Å²) in [6, 6.07) is 5.49. The molecule has 0 aliphatic heterocycles. The number of aryl methyl sites for hydroxylation is 1. The monoisotopic (exact) mass is 228 g/mol. The summed E-state index contributed by atoms with van der Waals surface area (Å²) in [5.74, 6) is 1.35. The fraction of sp³-hybridized carbons (Fsp3) is 0.0909. The van der Waals surface area contributed by atoms with Crippen molar-refractivity contribution in [1.82, 2.24) is 20.3 Å². The van der Waals surface area contributed by atoms with Gasteiger partial charge < -0.3 is 9.05 Å². The highest BCUT2D eigenvalue weighted by Gasteiger charge is 2.13. The first-order valence-corrected chi connectivity index (χ1v) is 5.01. The molecule has 0 spiro atoms. The van der Waals surface area contributed by atoms with Crippen LogP contribution in [0, 0.1) is 6.92 Å². The molecule has 0 fully saturated rings. The topological polar surface area (TPSA) is 77.8 Å². The Morgan fingerprint density at radius 2 is 2.12 bits per heavy atom. The second-order valence-corrected chi connectivity index (χ2v) is 3.46. The maximum Gasteiger partial charge on any atom is 0.241 e. The van der Waals surface area contributed by atoms with Gasteiger partial charge in [-0.1, -0.05) is 10.3 Å². The number of aromatic nitrogens is 4. The third kappa shape index (κ3) is 1.80. The molecule has 3 rings (SSSR count). The number of rotatable bonds is 2. The molecule has 3 aromatic rings. The summed E-state index contributed by atoms with van der Waals surface area (Å²) in [6.07, 6.45) is 3.41. The first kappa shape index (κ1) is 9.71. The second kappa shape index (κ2) is 3.82. The van der Waals surface area contributed by atoms with Gasteiger partial charge in [-0.15, -0.1) is 0 Å². The van der Waals surface area contributed by atoms with Gasteiger partial charge in [0, 0.05) is 30.9 Å². The molecule has 0 aliphatic carbocycles. The molecule has 0 bridgehead atoms. The van der Waals surface area contributed by atoms with Crippen molar-refractivity contribution >= 4 is 0 Å². The van der Waals surface area contributed by atoms with Crippen molar-refractivity contribution in [2.24, 2.45) is 0 Å². The minimum Gasteiger partial charge on any atom is -0.352 e. The third-order valence-electron chi connectivity index (χ3n) is 2.22. The molecule has 3 heterocycles. The van der Waals surface area contributed by atoms with Crippen LogP contribution < -0.4 is 0 Å². The van der Waals surface area contributed by atoms with Gasteiger partial charge in [-0.05, 0) is 12.1 Å². The maximum absolute atomic E-state index is 5.16. The van der Waals surface area contributed by atoms with Crippen LogP contribution in [0.1, 0.15) is 5.89 Å². The van der Waals surface area contributed by atoms with Crippen LogP contribution in [0.4, 0.5) is 0 Å². The zero-order valence-electron chi connectivity index (χ0n) is 8.99. The molecular formula is C11H8N4O2. The Bertz CT molecular complexity index is 630. The van der Waals surface area contributed by atoms with Gasteiger partial charge in [0.05, 0.1) is 0 Å². The molecule has 0 saturated carbocycles. The van der Waals surface area contributed by atoms with Crippen LogP contribution in [0.25, 0.3) is 22.8 Å². The number of hydrogen-bond acceptors (Lipinski definition) is 6. The number of nitrogens with zero attached hydrogens (tertiary/aromatic N) is 4. The summed E-state index contributed by atoms with van der Waals surface area (Å²) < 4.78 is 10.0. The summed E-state index contributed by atoms with van der Waals surface area (Å²) in [5, 5.41) is 7.69. The Balaban J connectivity index is 1.99. The molecule has 0 saturated heterocycles. The average Bonchev–Trinajstić information content (AvgIpc) is 2.98. The van der Waals surface area contributed by atoms with Crippen molar-refractivity contribution < 1.29 is 9.05 Å². The summed E-state index contributed by atoms with van der Waals surface area (Å²) in [6.45, 7) is 1.72. The third-order valence-corrected chi connectivity index (χ3v) is 2.22. The zero-order valence-corrected chi connectivity index (χ0v) is 8.99. The second-order valence-electron chi connectivity index (χ2n) is 3.46. The standard InChI is InChI=1S/C11H8N4O2/c1-7-13-11(15-16-7)10-5-9(14-17-10)8-3-2-4-12-6-8/h2-6H,1H3. The minimum absolute atomic E-state index is 0.394. The number of hydrogen-bond donors (Lipinski definition) is 0. The van der Waals surface area contributed by atoms with E-state index in [0.717, 1.165) is 5.56 Å². The first-order valence-electron chi connectivity index (χ1n) is 5.01. The molecule has 84 valence electrons. The predicted molar refractivity (Wildman–Crippen MR) is 57.8 cm³/mol. The Labute approximate surface area is 96.3 Å². The van der Waals surface area contributed by atoms with E-state index in [9.17, 15) is 0 Å². The van der Waals surface area contributed by atoms with Crippen molar-refractivity contribution in [1.29, 1.82) is 0 Å². The molecule has 0 aliphatic rings. The van der Waals surface area contributed by atoms with E-state index in [1.807, 2.05) is 12.1 Å². The molecular weight excluding hydrogens is 220 g/mol. The van der Waals surface area contributed by atoms with Crippen LogP contribution in [0.15, 0.2) is 39.6 Å². The van der Waals surface area contributed by atoms with Gasteiger partial charge >= 0.3 is 0 Å². The largest absolute Gasteiger partial charge is 0.352 e. The van der Waals surface area contributed by atoms with E-state index < -0.39 is 0 Å². The molecule has 0 N–H and O–H groups in total. The highest BCUT2D eigenvalue weighted by atomic mass is 16.5. The van der Waals surface area contributed by atoms with E-state index in [1.54, 1.807) is 25.4 Å². The van der Waals surface area contributed by atoms with E-state index in [0.29, 0.717) is 23.2 Å². The molecule has 0 radical (unpaired) electrons. The van der Waals surface area contributed by atoms with Crippen molar-refractivity contribution in [2.45, 2.75) is 6.92 Å². The van der Waals surface area contributed by atoms with Gasteiger partial charge in [0.15, 0.2) is 0 Å². The molecule has 0 aromatic carbocycles. The van der Waals surface area contributed by atoms with E-state index in [-0.39, 0.29) is 0 Å². The van der Waals surface area contributed by atoms with Crippen LogP contribution in [0.5, 0.6) is 0 Å². The van der Waals surface area contributed by atoms with Crippen LogP contribution in [0.3, 0.4) is 0 Å². The molecule has 17 heavy (non-hydrogen) atoms. The SMILES string of the molecule is Cc1nc(-c2cc(-c3cccnc3)no2)no1. The van der Waals surface area contributed by atoms with Gasteiger partial charge in [0.1, 0.15) is 5.69 Å². The summed E-state index contributed by atoms with van der Waals surface area (Å²) >= 11 is 0. The highest BCUT2D eigenvalue weighted by Crippen LogP contribution is 2.23. The summed E-state index contributed by atoms with van der Waals surface area (Å²) in [4.78, 5) is 8.08. The van der Waals surface area contributed by atoms with E-state index >= 15 is 0 Å². The molecule has 6 heteroatoms. The lowest BCUT2D eigenvalue weighted by atomic mass is 10.2. The molecule has 0 atom stereocenters. The lowest BCUT2D eigenvalue weighted by Crippen LogP contribution is -1.77. The first-order chi connectivity index (χ1) is 8.33. The van der Waals surface area contributed by atoms with Crippen molar-refractivity contribution in [3.05, 3.63) is 36.5 Å². The smallest absolute Gasteiger partial charge is 0.241 e. The Morgan fingerprint density at radius 1 is 1.18 bits per heavy atom. The van der Waals surface area contributed by atoms with Crippen LogP contribution in [0.2, 0.25) is 0 Å². The lowest BCUT2D eigenvalue weighted by molar-refractivity contribution is 0.388. The van der Waals surface area contributed by atoms with Crippen molar-refractivity contribution in [2.75, 3.05) is 0 Å². The van der Waals surface area contributed by atoms with Crippen molar-refractivity contribution in [3.63, 3.8) is 0 Å². The Kier molecular flexibility index (Phi) is 2.18. The molecule has 6 nitrogen and oxygen atoms in total. The molecule has 3 aromatic heterocycles. The van der Waals surface area contributed by atoms with Crippen LogP contribution in [-0.2, 0) is 0 Å². The van der Waals surface area contributed by atoms with E-state index in [1.165, 1.54) is 0 Å². The molecule has 0 unspecified atom stereocenters. The Hall–Kier alpha value is -2.50. The predicted octanol–water partition coefficient (Wildman–Crippen LogP) is 2.10. The summed E-state index contributed by atoms with van der Waals surface area (Å²) in [7, 11) is 0. The van der Waals surface area contributed by atoms with Gasteiger partial charge in [-0.3, -0.25) is 4.98 Å². The maximum atomic E-state index is 5.16. The normalized spacial score (nSPS) is 10.6. The van der Waals surface area contributed by atoms with Crippen molar-refractivity contribution in [3.8, 4) is 22.8 Å². The van der Waals surface area contributed by atoms with E-state index in [4.69, 9.17) is 9.05 Å². The fourth-order valence-electron chi connectivity index (χ4n) is 1.43. The lowest BCUT2D eigenvalue weighted by Gasteiger charge is -1.90. The van der Waals surface area contributed by atoms with Crippen LogP contribution >= 0.6 is 0 Å². The number of pyridine rings is 1. The van der Waals surface area contributed by atoms with Gasteiger partial charge in [-0.25, -0.2) is 0 Å². The minimum atomic E-state index is 0.394. The Morgan fingerprint density at radius 3 is 2.82 bits per heavy atom. The molecule has 0 amide bonds. The van der Waals surface area contributed by atoms with Gasteiger partial charge in [0.25, 0.3) is 0 Å². The van der Waals surface area contributed by atoms with Gasteiger partial charge in [0.2, 0.25) is 17.5 Å². The van der Waals surface area contributed by atoms with E-state index in [2.05, 4.69) is 20.3 Å². The quantitative estimate of drug-likeness (QED) is 0.668. The highest BCUT2D eigenvalue weighted by molar-refractivity contribution is 5.62. The fourth-order valence-corrected chi connectivity index (χ4v) is 1.43. The average molecular weight is 228 g/mol. The van der Waals surface area contributed by atoms with Gasteiger partial charge in [-0.2, -0.15) is 4.98 Å². The summed E-state index contributed by atoms with van der Waals surface area (Å²) in [5.41, 5.74) is 1.57. The van der Waals surface area contributed by atoms with Crippen LogP contribution in [-0.4, -0.2) is 20.3 Å².